The predicted octanol–water partition coefficient (Wildman–Crippen LogP) is 6.17. The number of halogens is 1. The summed E-state index contributed by atoms with van der Waals surface area (Å²) in [5.74, 6) is 1.23. The monoisotopic (exact) mass is 711 g/mol. The fraction of sp³-hybridized carbons (Fsp3) is 0.316. The first kappa shape index (κ1) is 34.1. The number of carbonyl (C=O) groups excluding carboxylic acids is 1. The van der Waals surface area contributed by atoms with Gasteiger partial charge in [-0.3, -0.25) is 4.79 Å². The first-order chi connectivity index (χ1) is 24.9. The largest absolute Gasteiger partial charge is 0.493 e. The van der Waals surface area contributed by atoms with Crippen LogP contribution in [0.25, 0.3) is 17.2 Å². The maximum Gasteiger partial charge on any atom is 0.314 e. The zero-order valence-electron chi connectivity index (χ0n) is 28.8. The Balaban J connectivity index is 1.20. The van der Waals surface area contributed by atoms with Crippen molar-refractivity contribution in [2.45, 2.75) is 32.4 Å². The van der Waals surface area contributed by atoms with Crippen LogP contribution in [-0.2, 0) is 22.7 Å². The Morgan fingerprint density at radius 1 is 0.961 bits per heavy atom. The van der Waals surface area contributed by atoms with Crippen molar-refractivity contribution in [1.82, 2.24) is 24.8 Å². The number of nitrogens with zero attached hydrogens (tertiary/aromatic N) is 4. The fourth-order valence-corrected chi connectivity index (χ4v) is 6.89. The van der Waals surface area contributed by atoms with Gasteiger partial charge in [-0.25, -0.2) is 15.0 Å². The molecule has 2 aromatic heterocycles. The van der Waals surface area contributed by atoms with E-state index in [0.717, 1.165) is 46.4 Å². The first-order valence-corrected chi connectivity index (χ1v) is 17.0. The Kier molecular flexibility index (Phi) is 9.96. The average Bonchev–Trinajstić information content (AvgIpc) is 3.79. The van der Waals surface area contributed by atoms with Gasteiger partial charge in [-0.2, -0.15) is 0 Å². The van der Waals surface area contributed by atoms with E-state index in [4.69, 9.17) is 40.0 Å². The molecule has 51 heavy (non-hydrogen) atoms. The summed E-state index contributed by atoms with van der Waals surface area (Å²) >= 11 is 6.18. The molecule has 3 heterocycles. The lowest BCUT2D eigenvalue weighted by Gasteiger charge is -2.34. The molecule has 12 nitrogen and oxygen atoms in total. The minimum atomic E-state index is -0.673. The summed E-state index contributed by atoms with van der Waals surface area (Å²) in [7, 11) is 4.72. The van der Waals surface area contributed by atoms with Gasteiger partial charge in [0.2, 0.25) is 12.5 Å². The molecule has 0 saturated carbocycles. The van der Waals surface area contributed by atoms with Gasteiger partial charge in [-0.05, 0) is 70.6 Å². The normalized spacial score (nSPS) is 16.1. The van der Waals surface area contributed by atoms with Crippen molar-refractivity contribution in [1.29, 1.82) is 0 Å². The summed E-state index contributed by atoms with van der Waals surface area (Å²) in [6, 6.07) is 15.6. The third-order valence-electron chi connectivity index (χ3n) is 9.16. The van der Waals surface area contributed by atoms with Crippen LogP contribution < -0.4 is 29.0 Å². The maximum atomic E-state index is 14.4. The zero-order chi connectivity index (χ0) is 35.5. The smallest absolute Gasteiger partial charge is 0.314 e. The summed E-state index contributed by atoms with van der Waals surface area (Å²) < 4.78 is 36.7. The maximum absolute atomic E-state index is 14.4. The molecule has 2 atom stereocenters. The van der Waals surface area contributed by atoms with E-state index < -0.39 is 11.8 Å². The molecule has 2 aliphatic rings. The van der Waals surface area contributed by atoms with Crippen LogP contribution in [0.3, 0.4) is 0 Å². The summed E-state index contributed by atoms with van der Waals surface area (Å²) in [5.41, 5.74) is 6.62. The number of benzene rings is 3. The number of imidazole rings is 1. The lowest BCUT2D eigenvalue weighted by molar-refractivity contribution is -0.149. The lowest BCUT2D eigenvalue weighted by Crippen LogP contribution is -2.34. The number of aromatic nitrogens is 4. The highest BCUT2D eigenvalue weighted by atomic mass is 35.5. The van der Waals surface area contributed by atoms with Crippen LogP contribution in [0.1, 0.15) is 47.1 Å². The van der Waals surface area contributed by atoms with E-state index in [1.165, 1.54) is 6.33 Å². The summed E-state index contributed by atoms with van der Waals surface area (Å²) in [4.78, 5) is 27.1. The summed E-state index contributed by atoms with van der Waals surface area (Å²) in [5, 5.41) is 3.81. The van der Waals surface area contributed by atoms with Crippen molar-refractivity contribution in [3.63, 3.8) is 0 Å². The van der Waals surface area contributed by atoms with Gasteiger partial charge < -0.3 is 38.3 Å². The van der Waals surface area contributed by atoms with Crippen molar-refractivity contribution < 1.29 is 33.2 Å². The van der Waals surface area contributed by atoms with E-state index in [1.807, 2.05) is 53.1 Å². The predicted molar refractivity (Wildman–Crippen MR) is 191 cm³/mol. The second kappa shape index (κ2) is 14.9. The number of fused-ring (bicyclic) bond motifs is 3. The third-order valence-corrected chi connectivity index (χ3v) is 9.43. The standard InChI is InChI=1S/C38H38ClN5O7/c1-5-10-40-16-26-11-24-12-28-29(51-21-50-28)15-27(24)32(25-13-30(46-2)35(48-4)31(14-25)47-3)33(26)38(45)49-18-23-8-6-22(7-9-23)17-44-20-43-34-36(39)41-19-42-37(34)44/h6-9,11-15,19-20,32-33,40H,5,10,16-18,21H2,1-4H3/t32-,33-/m1/s1. The highest BCUT2D eigenvalue weighted by molar-refractivity contribution is 6.33. The summed E-state index contributed by atoms with van der Waals surface area (Å²) in [6.45, 7) is 4.17. The molecule has 13 heteroatoms. The highest BCUT2D eigenvalue weighted by Crippen LogP contribution is 2.50. The fourth-order valence-electron chi connectivity index (χ4n) is 6.71. The minimum absolute atomic E-state index is 0.0953. The second-order valence-electron chi connectivity index (χ2n) is 12.3. The SMILES string of the molecule is CCCNCC1=Cc2cc3c(cc2[C@@H](c2cc(OC)c(OC)c(OC)c2)[C@@H]1C(=O)OCc1ccc(Cn2cnc4c(Cl)ncnc42)cc1)OCO3. The molecular weight excluding hydrogens is 674 g/mol. The van der Waals surface area contributed by atoms with E-state index in [2.05, 4.69) is 33.3 Å². The van der Waals surface area contributed by atoms with Gasteiger partial charge in [-0.15, -0.1) is 0 Å². The molecule has 0 radical (unpaired) electrons. The third kappa shape index (κ3) is 6.76. The van der Waals surface area contributed by atoms with E-state index in [1.54, 1.807) is 27.7 Å². The number of ether oxygens (including phenoxy) is 6. The molecule has 0 bridgehead atoms. The zero-order valence-corrected chi connectivity index (χ0v) is 29.5. The van der Waals surface area contributed by atoms with Gasteiger partial charge in [0.15, 0.2) is 33.8 Å². The topological polar surface area (TPSA) is 128 Å². The van der Waals surface area contributed by atoms with Gasteiger partial charge in [0, 0.05) is 12.5 Å². The van der Waals surface area contributed by atoms with Gasteiger partial charge in [0.25, 0.3) is 0 Å². The van der Waals surface area contributed by atoms with Crippen molar-refractivity contribution in [3.8, 4) is 28.7 Å². The van der Waals surface area contributed by atoms with Crippen LogP contribution in [0.5, 0.6) is 28.7 Å². The number of hydrogen-bond acceptors (Lipinski definition) is 11. The molecule has 1 N–H and O–H groups in total. The van der Waals surface area contributed by atoms with Crippen molar-refractivity contribution in [2.75, 3.05) is 41.2 Å². The number of rotatable bonds is 13. The molecule has 0 unspecified atom stereocenters. The minimum Gasteiger partial charge on any atom is -0.493 e. The second-order valence-corrected chi connectivity index (χ2v) is 12.6. The molecule has 0 amide bonds. The quantitative estimate of drug-likeness (QED) is 0.0856. The van der Waals surface area contributed by atoms with Gasteiger partial charge in [0.1, 0.15) is 18.5 Å². The Morgan fingerprint density at radius 3 is 2.39 bits per heavy atom. The van der Waals surface area contributed by atoms with Gasteiger partial charge in [-0.1, -0.05) is 48.9 Å². The van der Waals surface area contributed by atoms with E-state index in [-0.39, 0.29) is 19.4 Å². The first-order valence-electron chi connectivity index (χ1n) is 16.6. The highest BCUT2D eigenvalue weighted by Gasteiger charge is 2.41. The van der Waals surface area contributed by atoms with Crippen LogP contribution in [0, 0.1) is 5.92 Å². The van der Waals surface area contributed by atoms with E-state index in [0.29, 0.717) is 58.2 Å². The van der Waals surface area contributed by atoms with Crippen molar-refractivity contribution in [2.24, 2.45) is 5.92 Å². The van der Waals surface area contributed by atoms with Crippen LogP contribution in [0.15, 0.2) is 66.8 Å². The molecule has 0 saturated heterocycles. The van der Waals surface area contributed by atoms with Gasteiger partial charge in [0.05, 0.1) is 40.1 Å². The van der Waals surface area contributed by atoms with E-state index in [9.17, 15) is 4.79 Å². The molecule has 0 spiro atoms. The molecule has 5 aromatic rings. The number of nitrogens with one attached hydrogen (secondary N) is 1. The number of hydrogen-bond donors (Lipinski definition) is 1. The molecular formula is C38H38ClN5O7. The van der Waals surface area contributed by atoms with E-state index >= 15 is 0 Å². The van der Waals surface area contributed by atoms with Gasteiger partial charge >= 0.3 is 5.97 Å². The number of carbonyl (C=O) groups is 1. The molecule has 1 aliphatic carbocycles. The Labute approximate surface area is 300 Å². The number of methoxy groups -OCH3 is 3. The van der Waals surface area contributed by atoms with Crippen LogP contribution in [-0.4, -0.2) is 66.7 Å². The molecule has 3 aromatic carbocycles. The lowest BCUT2D eigenvalue weighted by atomic mass is 9.71. The van der Waals surface area contributed by atoms with Crippen molar-refractivity contribution in [3.05, 3.63) is 99.7 Å². The van der Waals surface area contributed by atoms with Crippen molar-refractivity contribution >= 4 is 34.8 Å². The Bertz CT molecular complexity index is 2070. The average molecular weight is 712 g/mol. The van der Waals surface area contributed by atoms with Crippen LogP contribution in [0.4, 0.5) is 0 Å². The molecule has 7 rings (SSSR count). The summed E-state index contributed by atoms with van der Waals surface area (Å²) in [6.07, 6.45) is 6.13. The van der Waals surface area contributed by atoms with Crippen LogP contribution >= 0.6 is 11.6 Å². The molecule has 264 valence electrons. The Morgan fingerprint density at radius 2 is 1.69 bits per heavy atom. The van der Waals surface area contributed by atoms with Crippen LogP contribution in [0.2, 0.25) is 5.15 Å². The number of esters is 1. The molecule has 0 fully saturated rings. The Hall–Kier alpha value is -5.33. The molecule has 1 aliphatic heterocycles.